The SMILES string of the molecule is Cc1noc([C@@H](NCc2csc(C(C)(C)C)n2)C2CCOCC2)n1. The molecule has 1 saturated heterocycles. The monoisotopic (exact) mass is 350 g/mol. The van der Waals surface area contributed by atoms with Crippen LogP contribution >= 0.6 is 11.3 Å². The molecule has 24 heavy (non-hydrogen) atoms. The average molecular weight is 350 g/mol. The van der Waals surface area contributed by atoms with Crippen LogP contribution in [0.15, 0.2) is 9.90 Å². The third-order valence-corrected chi connectivity index (χ3v) is 5.56. The van der Waals surface area contributed by atoms with Crippen LogP contribution in [0.3, 0.4) is 0 Å². The highest BCUT2D eigenvalue weighted by molar-refractivity contribution is 7.09. The molecule has 0 spiro atoms. The van der Waals surface area contributed by atoms with Crippen LogP contribution in [0, 0.1) is 12.8 Å². The van der Waals surface area contributed by atoms with Crippen molar-refractivity contribution >= 4 is 11.3 Å². The molecule has 6 nitrogen and oxygen atoms in total. The molecule has 0 radical (unpaired) electrons. The fourth-order valence-electron chi connectivity index (χ4n) is 2.89. The van der Waals surface area contributed by atoms with Crippen LogP contribution in [-0.4, -0.2) is 28.3 Å². The minimum atomic E-state index is 0.0508. The van der Waals surface area contributed by atoms with Crippen molar-refractivity contribution in [3.05, 3.63) is 27.8 Å². The van der Waals surface area contributed by atoms with Gasteiger partial charge >= 0.3 is 0 Å². The highest BCUT2D eigenvalue weighted by atomic mass is 32.1. The second-order valence-electron chi connectivity index (χ2n) is 7.38. The molecule has 0 amide bonds. The molecular formula is C17H26N4O2S. The number of thiazole rings is 1. The Bertz CT molecular complexity index is 656. The standard InChI is InChI=1S/C17H26N4O2S/c1-11-19-15(23-21-11)14(12-5-7-22-8-6-12)18-9-13-10-24-16(20-13)17(2,3)4/h10,12,14,18H,5-9H2,1-4H3/t14-/m0/s1. The Morgan fingerprint density at radius 1 is 1.29 bits per heavy atom. The summed E-state index contributed by atoms with van der Waals surface area (Å²) in [4.78, 5) is 9.21. The summed E-state index contributed by atoms with van der Waals surface area (Å²) < 4.78 is 10.9. The second kappa shape index (κ2) is 7.29. The molecule has 0 saturated carbocycles. The Morgan fingerprint density at radius 2 is 2.04 bits per heavy atom. The highest BCUT2D eigenvalue weighted by Crippen LogP contribution is 2.30. The third-order valence-electron chi connectivity index (χ3n) is 4.24. The molecule has 0 aromatic carbocycles. The number of aryl methyl sites for hydroxylation is 1. The van der Waals surface area contributed by atoms with E-state index in [9.17, 15) is 0 Å². The molecule has 1 N–H and O–H groups in total. The zero-order valence-electron chi connectivity index (χ0n) is 14.8. The van der Waals surface area contributed by atoms with Crippen LogP contribution in [-0.2, 0) is 16.7 Å². The first kappa shape index (κ1) is 17.5. The molecule has 7 heteroatoms. The lowest BCUT2D eigenvalue weighted by Crippen LogP contribution is -2.32. The van der Waals surface area contributed by atoms with E-state index in [-0.39, 0.29) is 11.5 Å². The van der Waals surface area contributed by atoms with Gasteiger partial charge in [0.25, 0.3) is 0 Å². The van der Waals surface area contributed by atoms with Crippen LogP contribution in [0.5, 0.6) is 0 Å². The van der Waals surface area contributed by atoms with Crippen molar-refractivity contribution in [2.75, 3.05) is 13.2 Å². The van der Waals surface area contributed by atoms with Crippen molar-refractivity contribution in [1.29, 1.82) is 0 Å². The van der Waals surface area contributed by atoms with Crippen molar-refractivity contribution in [3.8, 4) is 0 Å². The predicted octanol–water partition coefficient (Wildman–Crippen LogP) is 3.39. The molecule has 0 unspecified atom stereocenters. The van der Waals surface area contributed by atoms with Crippen LogP contribution in [0.25, 0.3) is 0 Å². The van der Waals surface area contributed by atoms with E-state index in [1.165, 1.54) is 0 Å². The quantitative estimate of drug-likeness (QED) is 0.891. The number of ether oxygens (including phenoxy) is 1. The Hall–Kier alpha value is -1.31. The van der Waals surface area contributed by atoms with Gasteiger partial charge in [-0.15, -0.1) is 11.3 Å². The van der Waals surface area contributed by atoms with Gasteiger partial charge in [-0.3, -0.25) is 5.32 Å². The minimum Gasteiger partial charge on any atom is -0.381 e. The lowest BCUT2D eigenvalue weighted by atomic mass is 9.91. The molecule has 1 fully saturated rings. The molecule has 132 valence electrons. The lowest BCUT2D eigenvalue weighted by molar-refractivity contribution is 0.0485. The molecule has 0 bridgehead atoms. The van der Waals surface area contributed by atoms with E-state index in [1.807, 2.05) is 6.92 Å². The highest BCUT2D eigenvalue weighted by Gasteiger charge is 2.29. The maximum absolute atomic E-state index is 5.49. The van der Waals surface area contributed by atoms with Gasteiger partial charge in [-0.2, -0.15) is 4.98 Å². The number of hydrogen-bond donors (Lipinski definition) is 1. The normalized spacial score (nSPS) is 18.0. The fraction of sp³-hybridized carbons (Fsp3) is 0.706. The summed E-state index contributed by atoms with van der Waals surface area (Å²) in [5, 5.41) is 10.8. The van der Waals surface area contributed by atoms with Crippen LogP contribution < -0.4 is 5.32 Å². The number of hydrogen-bond acceptors (Lipinski definition) is 7. The summed E-state index contributed by atoms with van der Waals surface area (Å²) >= 11 is 1.72. The van der Waals surface area contributed by atoms with Crippen molar-refractivity contribution in [2.45, 2.75) is 58.5 Å². The first-order chi connectivity index (χ1) is 11.4. The molecule has 3 heterocycles. The smallest absolute Gasteiger partial charge is 0.244 e. The van der Waals surface area contributed by atoms with E-state index in [1.54, 1.807) is 11.3 Å². The van der Waals surface area contributed by atoms with Crippen molar-refractivity contribution < 1.29 is 9.26 Å². The van der Waals surface area contributed by atoms with Gasteiger partial charge in [-0.25, -0.2) is 4.98 Å². The van der Waals surface area contributed by atoms with E-state index in [4.69, 9.17) is 14.2 Å². The maximum atomic E-state index is 5.49. The lowest BCUT2D eigenvalue weighted by Gasteiger charge is -2.28. The molecular weight excluding hydrogens is 324 g/mol. The minimum absolute atomic E-state index is 0.0508. The maximum Gasteiger partial charge on any atom is 0.244 e. The van der Waals surface area contributed by atoms with Crippen molar-refractivity contribution in [2.24, 2.45) is 5.92 Å². The summed E-state index contributed by atoms with van der Waals surface area (Å²) in [7, 11) is 0. The van der Waals surface area contributed by atoms with E-state index in [2.05, 4.69) is 41.6 Å². The molecule has 2 aromatic heterocycles. The fourth-order valence-corrected chi connectivity index (χ4v) is 3.80. The third kappa shape index (κ3) is 4.20. The van der Waals surface area contributed by atoms with Crippen LogP contribution in [0.2, 0.25) is 0 Å². The van der Waals surface area contributed by atoms with E-state index in [0.717, 1.165) is 36.8 Å². The molecule has 0 aliphatic carbocycles. The summed E-state index contributed by atoms with van der Waals surface area (Å²) in [6.07, 6.45) is 2.01. The van der Waals surface area contributed by atoms with Gasteiger partial charge in [0, 0.05) is 30.6 Å². The zero-order chi connectivity index (χ0) is 17.2. The summed E-state index contributed by atoms with van der Waals surface area (Å²) in [5.41, 5.74) is 1.16. The van der Waals surface area contributed by atoms with E-state index < -0.39 is 0 Å². The van der Waals surface area contributed by atoms with Crippen molar-refractivity contribution in [3.63, 3.8) is 0 Å². The topological polar surface area (TPSA) is 73.1 Å². The Morgan fingerprint density at radius 3 is 2.62 bits per heavy atom. The average Bonchev–Trinajstić information content (AvgIpc) is 3.18. The van der Waals surface area contributed by atoms with Gasteiger partial charge in [-0.1, -0.05) is 25.9 Å². The molecule has 1 aliphatic rings. The molecule has 3 rings (SSSR count). The van der Waals surface area contributed by atoms with Gasteiger partial charge in [0.2, 0.25) is 5.89 Å². The van der Waals surface area contributed by atoms with Gasteiger partial charge in [-0.05, 0) is 25.7 Å². The largest absolute Gasteiger partial charge is 0.381 e. The second-order valence-corrected chi connectivity index (χ2v) is 8.24. The molecule has 1 atom stereocenters. The number of nitrogens with one attached hydrogen (secondary N) is 1. The summed E-state index contributed by atoms with van der Waals surface area (Å²) in [5.74, 6) is 1.79. The summed E-state index contributed by atoms with van der Waals surface area (Å²) in [6.45, 7) is 10.7. The van der Waals surface area contributed by atoms with Crippen molar-refractivity contribution in [1.82, 2.24) is 20.4 Å². The van der Waals surface area contributed by atoms with Gasteiger partial charge in [0.15, 0.2) is 5.82 Å². The van der Waals surface area contributed by atoms with Crippen LogP contribution in [0.1, 0.15) is 62.1 Å². The predicted molar refractivity (Wildman–Crippen MR) is 93.0 cm³/mol. The van der Waals surface area contributed by atoms with Gasteiger partial charge in [0.05, 0.1) is 16.7 Å². The van der Waals surface area contributed by atoms with Gasteiger partial charge in [0.1, 0.15) is 0 Å². The van der Waals surface area contributed by atoms with E-state index in [0.29, 0.717) is 24.2 Å². The van der Waals surface area contributed by atoms with E-state index >= 15 is 0 Å². The summed E-state index contributed by atoms with van der Waals surface area (Å²) in [6, 6.07) is 0.0508. The first-order valence-corrected chi connectivity index (χ1v) is 9.37. The van der Waals surface area contributed by atoms with Crippen LogP contribution in [0.4, 0.5) is 0 Å². The number of aromatic nitrogens is 3. The zero-order valence-corrected chi connectivity index (χ0v) is 15.7. The Balaban J connectivity index is 1.71. The Labute approximate surface area is 147 Å². The van der Waals surface area contributed by atoms with Gasteiger partial charge < -0.3 is 9.26 Å². The number of nitrogens with zero attached hydrogens (tertiary/aromatic N) is 3. The first-order valence-electron chi connectivity index (χ1n) is 8.49. The Kier molecular flexibility index (Phi) is 5.32. The number of rotatable bonds is 5. The molecule has 1 aliphatic heterocycles. The molecule has 2 aromatic rings.